The van der Waals surface area contributed by atoms with Gasteiger partial charge in [-0.05, 0) is 35.9 Å². The largest absolute Gasteiger partial charge is 0.429 e. The Morgan fingerprint density at radius 3 is 2.61 bits per heavy atom. The molecule has 23 heavy (non-hydrogen) atoms. The molecule has 0 aliphatic heterocycles. The summed E-state index contributed by atoms with van der Waals surface area (Å²) in [5, 5.41) is 13.2. The lowest BCUT2D eigenvalue weighted by Crippen LogP contribution is -2.20. The zero-order valence-electron chi connectivity index (χ0n) is 12.6. The lowest BCUT2D eigenvalue weighted by Gasteiger charge is -2.11. The van der Waals surface area contributed by atoms with Crippen LogP contribution < -0.4 is 10.1 Å². The number of ether oxygens (including phenoxy) is 1. The predicted octanol–water partition coefficient (Wildman–Crippen LogP) is 3.29. The van der Waals surface area contributed by atoms with E-state index in [9.17, 15) is 5.11 Å². The Balaban J connectivity index is 1.48. The highest BCUT2D eigenvalue weighted by Gasteiger charge is 2.08. The summed E-state index contributed by atoms with van der Waals surface area (Å²) in [6, 6.07) is 16.7. The molecule has 0 bridgehead atoms. The first-order chi connectivity index (χ1) is 11.3. The number of hydrogen-bond acceptors (Lipinski definition) is 5. The minimum absolute atomic E-state index is 0.430. The quantitative estimate of drug-likeness (QED) is 0.701. The van der Waals surface area contributed by atoms with E-state index in [4.69, 9.17) is 9.15 Å². The molecule has 5 nitrogen and oxygen atoms in total. The molecular formula is C18H18N2O3. The van der Waals surface area contributed by atoms with Crippen molar-refractivity contribution >= 4 is 0 Å². The van der Waals surface area contributed by atoms with Gasteiger partial charge in [0.15, 0.2) is 0 Å². The second-order valence-electron chi connectivity index (χ2n) is 5.06. The van der Waals surface area contributed by atoms with Crippen molar-refractivity contribution in [2.75, 3.05) is 6.54 Å². The first kappa shape index (κ1) is 15.3. The van der Waals surface area contributed by atoms with Crippen molar-refractivity contribution in [3.63, 3.8) is 0 Å². The number of nitrogens with one attached hydrogen (secondary N) is 1. The second-order valence-corrected chi connectivity index (χ2v) is 5.06. The molecule has 0 amide bonds. The van der Waals surface area contributed by atoms with Crippen molar-refractivity contribution in [1.82, 2.24) is 10.3 Å². The third-order valence-corrected chi connectivity index (χ3v) is 3.33. The number of furan rings is 1. The van der Waals surface area contributed by atoms with Crippen LogP contribution in [0.3, 0.4) is 0 Å². The van der Waals surface area contributed by atoms with Crippen molar-refractivity contribution in [2.24, 2.45) is 0 Å². The Hall–Kier alpha value is -2.63. The number of para-hydroxylation sites is 1. The number of nitrogens with zero attached hydrogens (tertiary/aromatic N) is 1. The Bertz CT molecular complexity index is 713. The third kappa shape index (κ3) is 4.42. The van der Waals surface area contributed by atoms with E-state index < -0.39 is 6.10 Å². The highest BCUT2D eigenvalue weighted by atomic mass is 16.6. The van der Waals surface area contributed by atoms with Crippen LogP contribution in [0.5, 0.6) is 11.7 Å². The molecular weight excluding hydrogens is 292 g/mol. The summed E-state index contributed by atoms with van der Waals surface area (Å²) < 4.78 is 11.2. The molecule has 0 saturated heterocycles. The van der Waals surface area contributed by atoms with E-state index >= 15 is 0 Å². The van der Waals surface area contributed by atoms with Gasteiger partial charge in [-0.15, -0.1) is 0 Å². The number of aliphatic hydroxyl groups excluding tert-OH is 1. The van der Waals surface area contributed by atoms with Crippen LogP contribution in [0.25, 0.3) is 0 Å². The van der Waals surface area contributed by atoms with Crippen LogP contribution in [-0.2, 0) is 6.54 Å². The molecule has 3 aromatic rings. The standard InChI is InChI=1S/C18H18N2O3/c21-17(14-8-10-19-11-9-14)13-20-12-16-6-7-18(23-16)22-15-4-2-1-3-5-15/h1-11,17,20-21H,12-13H2. The predicted molar refractivity (Wildman–Crippen MR) is 86.1 cm³/mol. The second kappa shape index (κ2) is 7.58. The molecule has 1 atom stereocenters. The number of aromatic nitrogens is 1. The summed E-state index contributed by atoms with van der Waals surface area (Å²) in [6.45, 7) is 0.944. The molecule has 0 spiro atoms. The lowest BCUT2D eigenvalue weighted by atomic mass is 10.1. The van der Waals surface area contributed by atoms with Gasteiger partial charge in [-0.2, -0.15) is 0 Å². The molecule has 1 unspecified atom stereocenters. The average molecular weight is 310 g/mol. The maximum absolute atomic E-state index is 10.1. The van der Waals surface area contributed by atoms with Crippen molar-refractivity contribution in [3.8, 4) is 11.7 Å². The molecule has 5 heteroatoms. The summed E-state index contributed by atoms with van der Waals surface area (Å²) >= 11 is 0. The van der Waals surface area contributed by atoms with Crippen molar-refractivity contribution in [2.45, 2.75) is 12.6 Å². The molecule has 0 radical (unpaired) electrons. The molecule has 3 rings (SSSR count). The summed E-state index contributed by atoms with van der Waals surface area (Å²) in [5.74, 6) is 1.93. The molecule has 0 fully saturated rings. The molecule has 0 saturated carbocycles. The van der Waals surface area contributed by atoms with Gasteiger partial charge in [0.1, 0.15) is 11.5 Å². The van der Waals surface area contributed by atoms with Crippen LogP contribution >= 0.6 is 0 Å². The molecule has 2 N–H and O–H groups in total. The third-order valence-electron chi connectivity index (χ3n) is 3.33. The number of rotatable bonds is 7. The summed E-state index contributed by atoms with van der Waals surface area (Å²) in [4.78, 5) is 3.93. The highest BCUT2D eigenvalue weighted by molar-refractivity contribution is 5.26. The normalized spacial score (nSPS) is 12.0. The van der Waals surface area contributed by atoms with E-state index in [-0.39, 0.29) is 0 Å². The first-order valence-corrected chi connectivity index (χ1v) is 7.41. The van der Waals surface area contributed by atoms with Gasteiger partial charge in [-0.25, -0.2) is 0 Å². The van der Waals surface area contributed by atoms with E-state index in [1.54, 1.807) is 30.6 Å². The molecule has 1 aromatic carbocycles. The monoisotopic (exact) mass is 310 g/mol. The van der Waals surface area contributed by atoms with Crippen LogP contribution in [0.1, 0.15) is 17.4 Å². The van der Waals surface area contributed by atoms with Gasteiger partial charge < -0.3 is 19.6 Å². The highest BCUT2D eigenvalue weighted by Crippen LogP contribution is 2.23. The van der Waals surface area contributed by atoms with E-state index in [0.717, 1.165) is 17.1 Å². The van der Waals surface area contributed by atoms with Crippen LogP contribution in [-0.4, -0.2) is 16.6 Å². The fraction of sp³-hybridized carbons (Fsp3) is 0.167. The summed E-state index contributed by atoms with van der Waals surface area (Å²) in [6.07, 6.45) is 2.75. The Morgan fingerprint density at radius 1 is 1.04 bits per heavy atom. The number of benzene rings is 1. The minimum atomic E-state index is -0.576. The van der Waals surface area contributed by atoms with Gasteiger partial charge in [-0.1, -0.05) is 18.2 Å². The van der Waals surface area contributed by atoms with Gasteiger partial charge in [-0.3, -0.25) is 4.98 Å². The van der Waals surface area contributed by atoms with Crippen molar-refractivity contribution in [1.29, 1.82) is 0 Å². The van der Waals surface area contributed by atoms with Crippen molar-refractivity contribution < 1.29 is 14.3 Å². The SMILES string of the molecule is OC(CNCc1ccc(Oc2ccccc2)o1)c1ccncc1. The zero-order valence-corrected chi connectivity index (χ0v) is 12.6. The molecule has 118 valence electrons. The smallest absolute Gasteiger partial charge is 0.290 e. The Labute approximate surface area is 134 Å². The van der Waals surface area contributed by atoms with Crippen LogP contribution in [0.15, 0.2) is 71.4 Å². The summed E-state index contributed by atoms with van der Waals surface area (Å²) in [5.41, 5.74) is 0.833. The molecule has 0 aliphatic rings. The fourth-order valence-corrected chi connectivity index (χ4v) is 2.15. The Morgan fingerprint density at radius 2 is 1.83 bits per heavy atom. The van der Waals surface area contributed by atoms with Gasteiger partial charge in [0.05, 0.1) is 12.6 Å². The van der Waals surface area contributed by atoms with Crippen LogP contribution in [0.2, 0.25) is 0 Å². The average Bonchev–Trinajstić information content (AvgIpc) is 3.04. The number of hydrogen-bond donors (Lipinski definition) is 2. The summed E-state index contributed by atoms with van der Waals surface area (Å²) in [7, 11) is 0. The zero-order chi connectivity index (χ0) is 15.9. The molecule has 0 aliphatic carbocycles. The van der Waals surface area contributed by atoms with Crippen molar-refractivity contribution in [3.05, 3.63) is 78.3 Å². The van der Waals surface area contributed by atoms with E-state index in [1.165, 1.54) is 0 Å². The minimum Gasteiger partial charge on any atom is -0.429 e. The number of pyridine rings is 1. The maximum atomic E-state index is 10.1. The molecule has 2 aromatic heterocycles. The lowest BCUT2D eigenvalue weighted by molar-refractivity contribution is 0.173. The maximum Gasteiger partial charge on any atom is 0.290 e. The van der Waals surface area contributed by atoms with Gasteiger partial charge in [0, 0.05) is 25.0 Å². The number of aliphatic hydroxyl groups is 1. The van der Waals surface area contributed by atoms with Gasteiger partial charge in [0.25, 0.3) is 5.95 Å². The Kier molecular flexibility index (Phi) is 5.03. The fourth-order valence-electron chi connectivity index (χ4n) is 2.15. The van der Waals surface area contributed by atoms with E-state index in [2.05, 4.69) is 10.3 Å². The van der Waals surface area contributed by atoms with Crippen LogP contribution in [0, 0.1) is 0 Å². The first-order valence-electron chi connectivity index (χ1n) is 7.41. The van der Waals surface area contributed by atoms with Gasteiger partial charge in [0.2, 0.25) is 0 Å². The van der Waals surface area contributed by atoms with E-state index in [0.29, 0.717) is 19.0 Å². The topological polar surface area (TPSA) is 67.5 Å². The van der Waals surface area contributed by atoms with Crippen LogP contribution in [0.4, 0.5) is 0 Å². The molecule has 2 heterocycles. The van der Waals surface area contributed by atoms with Gasteiger partial charge >= 0.3 is 0 Å². The van der Waals surface area contributed by atoms with E-state index in [1.807, 2.05) is 36.4 Å².